The Kier molecular flexibility index (Phi) is 3.76. The number of aryl methyl sites for hydroxylation is 1. The third-order valence-corrected chi connectivity index (χ3v) is 3.58. The van der Waals surface area contributed by atoms with Crippen LogP contribution in [0.4, 0.5) is 0 Å². The molecule has 1 aliphatic rings. The minimum Gasteiger partial charge on any atom is -0.373 e. The summed E-state index contributed by atoms with van der Waals surface area (Å²) in [6.07, 6.45) is -0.0765. The number of amides is 1. The monoisotopic (exact) mass is 255 g/mol. The smallest absolute Gasteiger partial charge is 0.273 e. The minimum atomic E-state index is -0.0765. The number of carbonyl (C=O) groups excluding carboxylic acids is 1. The van der Waals surface area contributed by atoms with E-state index in [1.54, 1.807) is 10.3 Å². The lowest BCUT2D eigenvalue weighted by Gasteiger charge is -2.34. The van der Waals surface area contributed by atoms with Gasteiger partial charge in [-0.1, -0.05) is 0 Å². The van der Waals surface area contributed by atoms with E-state index in [-0.39, 0.29) is 18.1 Å². The van der Waals surface area contributed by atoms with Gasteiger partial charge in [0.1, 0.15) is 5.69 Å². The third-order valence-electron chi connectivity index (χ3n) is 2.81. The van der Waals surface area contributed by atoms with Crippen LogP contribution in [0.3, 0.4) is 0 Å². The number of carbonyl (C=O) groups is 1. The quantitative estimate of drug-likeness (QED) is 0.842. The Morgan fingerprint density at radius 2 is 2.53 bits per heavy atom. The van der Waals surface area contributed by atoms with Gasteiger partial charge in [-0.25, -0.2) is 4.98 Å². The Balaban J connectivity index is 2.04. The van der Waals surface area contributed by atoms with E-state index < -0.39 is 0 Å². The van der Waals surface area contributed by atoms with E-state index >= 15 is 0 Å². The zero-order valence-corrected chi connectivity index (χ0v) is 10.9. The van der Waals surface area contributed by atoms with Gasteiger partial charge in [-0.05, 0) is 13.8 Å². The van der Waals surface area contributed by atoms with E-state index in [2.05, 4.69) is 4.98 Å². The van der Waals surface area contributed by atoms with Crippen LogP contribution in [0.2, 0.25) is 0 Å². The highest BCUT2D eigenvalue weighted by molar-refractivity contribution is 7.09. The van der Waals surface area contributed by atoms with Crippen molar-refractivity contribution in [3.8, 4) is 0 Å². The predicted octanol–water partition coefficient (Wildman–Crippen LogP) is 0.640. The second-order valence-corrected chi connectivity index (χ2v) is 5.33. The zero-order valence-electron chi connectivity index (χ0n) is 10.0. The molecule has 5 nitrogen and oxygen atoms in total. The zero-order chi connectivity index (χ0) is 12.4. The van der Waals surface area contributed by atoms with Gasteiger partial charge in [0, 0.05) is 24.5 Å². The molecule has 1 fully saturated rings. The first-order chi connectivity index (χ1) is 8.08. The number of rotatable bonds is 2. The number of morpholine rings is 1. The number of hydrogen-bond acceptors (Lipinski definition) is 5. The number of nitrogens with zero attached hydrogens (tertiary/aromatic N) is 2. The molecule has 94 valence electrons. The SMILES string of the molecule is Cc1nc(C(=O)N2CCOC(C(C)N)C2)cs1. The molecule has 0 saturated carbocycles. The van der Waals surface area contributed by atoms with E-state index in [0.717, 1.165) is 5.01 Å². The molecule has 2 heterocycles. The maximum absolute atomic E-state index is 12.2. The summed E-state index contributed by atoms with van der Waals surface area (Å²) in [4.78, 5) is 18.1. The molecule has 1 aliphatic heterocycles. The molecule has 0 spiro atoms. The molecule has 17 heavy (non-hydrogen) atoms. The number of aromatic nitrogens is 1. The molecule has 1 saturated heterocycles. The number of hydrogen-bond donors (Lipinski definition) is 1. The van der Waals surface area contributed by atoms with Crippen molar-refractivity contribution in [2.45, 2.75) is 26.0 Å². The van der Waals surface area contributed by atoms with E-state index in [1.165, 1.54) is 11.3 Å². The van der Waals surface area contributed by atoms with Crippen molar-refractivity contribution < 1.29 is 9.53 Å². The number of nitrogens with two attached hydrogens (primary N) is 1. The van der Waals surface area contributed by atoms with Gasteiger partial charge in [-0.15, -0.1) is 11.3 Å². The van der Waals surface area contributed by atoms with Crippen molar-refractivity contribution in [3.63, 3.8) is 0 Å². The lowest BCUT2D eigenvalue weighted by Crippen LogP contribution is -2.51. The Hall–Kier alpha value is -0.980. The van der Waals surface area contributed by atoms with Crippen LogP contribution in [-0.4, -0.2) is 47.6 Å². The van der Waals surface area contributed by atoms with Gasteiger partial charge in [0.05, 0.1) is 17.7 Å². The fourth-order valence-corrected chi connectivity index (χ4v) is 2.39. The highest BCUT2D eigenvalue weighted by Gasteiger charge is 2.27. The molecule has 2 N–H and O–H groups in total. The van der Waals surface area contributed by atoms with Crippen molar-refractivity contribution in [1.29, 1.82) is 0 Å². The van der Waals surface area contributed by atoms with Gasteiger partial charge in [0.2, 0.25) is 0 Å². The van der Waals surface area contributed by atoms with Gasteiger partial charge in [0.25, 0.3) is 5.91 Å². The van der Waals surface area contributed by atoms with E-state index in [0.29, 0.717) is 25.4 Å². The first kappa shape index (κ1) is 12.5. The molecule has 1 amide bonds. The Morgan fingerprint density at radius 1 is 1.76 bits per heavy atom. The van der Waals surface area contributed by atoms with Crippen LogP contribution in [0.5, 0.6) is 0 Å². The molecule has 0 bridgehead atoms. The van der Waals surface area contributed by atoms with Crippen molar-refractivity contribution in [3.05, 3.63) is 16.1 Å². The number of ether oxygens (including phenoxy) is 1. The number of thiazole rings is 1. The first-order valence-corrected chi connectivity index (χ1v) is 6.54. The van der Waals surface area contributed by atoms with Gasteiger partial charge in [0.15, 0.2) is 0 Å². The molecular weight excluding hydrogens is 238 g/mol. The molecule has 0 radical (unpaired) electrons. The van der Waals surface area contributed by atoms with Crippen LogP contribution in [0, 0.1) is 6.92 Å². The molecule has 6 heteroatoms. The Bertz CT molecular complexity index is 405. The lowest BCUT2D eigenvalue weighted by molar-refractivity contribution is -0.0301. The largest absolute Gasteiger partial charge is 0.373 e. The summed E-state index contributed by atoms with van der Waals surface area (Å²) in [5.41, 5.74) is 6.32. The lowest BCUT2D eigenvalue weighted by atomic mass is 10.1. The molecule has 1 aromatic heterocycles. The van der Waals surface area contributed by atoms with Gasteiger partial charge < -0.3 is 15.4 Å². The summed E-state index contributed by atoms with van der Waals surface area (Å²) >= 11 is 1.49. The van der Waals surface area contributed by atoms with Crippen molar-refractivity contribution in [2.75, 3.05) is 19.7 Å². The third kappa shape index (κ3) is 2.83. The highest BCUT2D eigenvalue weighted by Crippen LogP contribution is 2.14. The average molecular weight is 255 g/mol. The summed E-state index contributed by atoms with van der Waals surface area (Å²) in [6.45, 7) is 5.49. The van der Waals surface area contributed by atoms with Crippen LogP contribution in [0.15, 0.2) is 5.38 Å². The molecule has 0 aliphatic carbocycles. The molecule has 0 aromatic carbocycles. The fraction of sp³-hybridized carbons (Fsp3) is 0.636. The highest BCUT2D eigenvalue weighted by atomic mass is 32.1. The molecule has 1 aromatic rings. The predicted molar refractivity (Wildman–Crippen MR) is 66.1 cm³/mol. The average Bonchev–Trinajstić information content (AvgIpc) is 2.75. The minimum absolute atomic E-state index is 0.0247. The molecule has 2 atom stereocenters. The summed E-state index contributed by atoms with van der Waals surface area (Å²) in [5.74, 6) is -0.0247. The maximum atomic E-state index is 12.2. The van der Waals surface area contributed by atoms with Crippen LogP contribution in [0.25, 0.3) is 0 Å². The topological polar surface area (TPSA) is 68.5 Å². The standard InChI is InChI=1S/C11H17N3O2S/c1-7(12)10-5-14(3-4-16-10)11(15)9-6-17-8(2)13-9/h6-7,10H,3-5,12H2,1-2H3. The van der Waals surface area contributed by atoms with E-state index in [4.69, 9.17) is 10.5 Å². The van der Waals surface area contributed by atoms with Crippen LogP contribution >= 0.6 is 11.3 Å². The van der Waals surface area contributed by atoms with Crippen LogP contribution in [-0.2, 0) is 4.74 Å². The second kappa shape index (κ2) is 5.12. The van der Waals surface area contributed by atoms with Gasteiger partial charge in [-0.2, -0.15) is 0 Å². The Morgan fingerprint density at radius 3 is 3.12 bits per heavy atom. The summed E-state index contributed by atoms with van der Waals surface area (Å²) < 4.78 is 5.52. The normalized spacial score (nSPS) is 22.5. The van der Waals surface area contributed by atoms with Gasteiger partial charge >= 0.3 is 0 Å². The summed E-state index contributed by atoms with van der Waals surface area (Å²) in [7, 11) is 0. The van der Waals surface area contributed by atoms with Crippen molar-refractivity contribution in [1.82, 2.24) is 9.88 Å². The van der Waals surface area contributed by atoms with Crippen molar-refractivity contribution in [2.24, 2.45) is 5.73 Å². The van der Waals surface area contributed by atoms with E-state index in [1.807, 2.05) is 13.8 Å². The summed E-state index contributed by atoms with van der Waals surface area (Å²) in [6, 6.07) is -0.0669. The maximum Gasteiger partial charge on any atom is 0.273 e. The molecule has 2 rings (SSSR count). The van der Waals surface area contributed by atoms with Crippen LogP contribution in [0.1, 0.15) is 22.4 Å². The van der Waals surface area contributed by atoms with Gasteiger partial charge in [-0.3, -0.25) is 4.79 Å². The Labute approximate surface area is 105 Å². The first-order valence-electron chi connectivity index (χ1n) is 5.66. The molecular formula is C11H17N3O2S. The van der Waals surface area contributed by atoms with E-state index in [9.17, 15) is 4.79 Å². The van der Waals surface area contributed by atoms with Crippen molar-refractivity contribution >= 4 is 17.2 Å². The second-order valence-electron chi connectivity index (χ2n) is 4.27. The van der Waals surface area contributed by atoms with Crippen LogP contribution < -0.4 is 5.73 Å². The summed E-state index contributed by atoms with van der Waals surface area (Å²) in [5, 5.41) is 2.71. The molecule has 2 unspecified atom stereocenters. The fourth-order valence-electron chi connectivity index (χ4n) is 1.80.